The van der Waals surface area contributed by atoms with E-state index in [2.05, 4.69) is 4.98 Å². The lowest BCUT2D eigenvalue weighted by molar-refractivity contribution is 0.404. The fourth-order valence-electron chi connectivity index (χ4n) is 1.03. The van der Waals surface area contributed by atoms with Crippen LogP contribution < -0.4 is 10.5 Å². The third kappa shape index (κ3) is 3.38. The van der Waals surface area contributed by atoms with Crippen LogP contribution >= 0.6 is 24.8 Å². The second kappa shape index (κ2) is 6.95. The molecule has 2 N–H and O–H groups in total. The molecule has 0 aliphatic rings. The monoisotopic (exact) mass is 224 g/mol. The first-order chi connectivity index (χ1) is 5.29. The molecule has 0 unspecified atom stereocenters. The molecule has 1 heterocycles. The number of rotatable bonds is 2. The highest BCUT2D eigenvalue weighted by Crippen LogP contribution is 2.19. The number of nitrogens with two attached hydrogens (primary N) is 1. The summed E-state index contributed by atoms with van der Waals surface area (Å²) in [6.45, 7) is 2.39. The van der Waals surface area contributed by atoms with Crippen molar-refractivity contribution in [3.8, 4) is 5.75 Å². The third-order valence-corrected chi connectivity index (χ3v) is 1.57. The minimum Gasteiger partial charge on any atom is -0.495 e. The van der Waals surface area contributed by atoms with Gasteiger partial charge in [-0.3, -0.25) is 4.98 Å². The van der Waals surface area contributed by atoms with Gasteiger partial charge in [-0.1, -0.05) is 0 Å². The van der Waals surface area contributed by atoms with Crippen molar-refractivity contribution in [3.63, 3.8) is 0 Å². The maximum Gasteiger partial charge on any atom is 0.144 e. The first kappa shape index (κ1) is 15.0. The zero-order valence-electron chi connectivity index (χ0n) is 7.61. The number of halogens is 2. The van der Waals surface area contributed by atoms with Gasteiger partial charge in [-0.2, -0.15) is 0 Å². The topological polar surface area (TPSA) is 48.1 Å². The van der Waals surface area contributed by atoms with Crippen LogP contribution in [0, 0.1) is 6.92 Å². The van der Waals surface area contributed by atoms with Crippen LogP contribution in [0.3, 0.4) is 0 Å². The van der Waals surface area contributed by atoms with E-state index in [-0.39, 0.29) is 24.8 Å². The van der Waals surface area contributed by atoms with Gasteiger partial charge in [0.1, 0.15) is 5.75 Å². The van der Waals surface area contributed by atoms with Crippen LogP contribution in [0.1, 0.15) is 11.3 Å². The predicted molar refractivity (Wildman–Crippen MR) is 57.9 cm³/mol. The number of aromatic nitrogens is 1. The van der Waals surface area contributed by atoms with Gasteiger partial charge in [-0.05, 0) is 18.6 Å². The smallest absolute Gasteiger partial charge is 0.144 e. The van der Waals surface area contributed by atoms with E-state index in [9.17, 15) is 0 Å². The second-order valence-corrected chi connectivity index (χ2v) is 2.31. The fourth-order valence-corrected chi connectivity index (χ4v) is 1.03. The molecule has 0 atom stereocenters. The number of aryl methyl sites for hydroxylation is 1. The normalized spacial score (nSPS) is 8.23. The molecule has 0 amide bonds. The first-order valence-electron chi connectivity index (χ1n) is 3.48. The summed E-state index contributed by atoms with van der Waals surface area (Å²) < 4.78 is 5.12. The lowest BCUT2D eigenvalue weighted by Crippen LogP contribution is -2.03. The maximum absolute atomic E-state index is 5.45. The first-order valence-corrected chi connectivity index (χ1v) is 3.48. The average Bonchev–Trinajstić information content (AvgIpc) is 2.04. The molecule has 76 valence electrons. The molecular weight excluding hydrogens is 211 g/mol. The summed E-state index contributed by atoms with van der Waals surface area (Å²) in [5.41, 5.74) is 7.34. The summed E-state index contributed by atoms with van der Waals surface area (Å²) in [4.78, 5) is 4.08. The summed E-state index contributed by atoms with van der Waals surface area (Å²) in [5, 5.41) is 0. The standard InChI is InChI=1S/C8H12N2O.2ClH/c1-6-3-4-10-7(5-9)8(6)11-2;;/h3-4H,5,9H2,1-2H3;2*1H. The zero-order chi connectivity index (χ0) is 8.27. The van der Waals surface area contributed by atoms with E-state index in [0.717, 1.165) is 17.0 Å². The van der Waals surface area contributed by atoms with E-state index in [1.807, 2.05) is 13.0 Å². The zero-order valence-corrected chi connectivity index (χ0v) is 9.24. The quantitative estimate of drug-likeness (QED) is 0.833. The van der Waals surface area contributed by atoms with Crippen molar-refractivity contribution >= 4 is 24.8 Å². The number of nitrogens with zero attached hydrogens (tertiary/aromatic N) is 1. The highest BCUT2D eigenvalue weighted by atomic mass is 35.5. The molecule has 1 aromatic rings. The highest BCUT2D eigenvalue weighted by molar-refractivity contribution is 5.85. The van der Waals surface area contributed by atoms with Crippen molar-refractivity contribution in [2.75, 3.05) is 7.11 Å². The van der Waals surface area contributed by atoms with Crippen LogP contribution in [0.25, 0.3) is 0 Å². The van der Waals surface area contributed by atoms with Crippen LogP contribution in [0.5, 0.6) is 5.75 Å². The van der Waals surface area contributed by atoms with E-state index in [1.54, 1.807) is 13.3 Å². The van der Waals surface area contributed by atoms with Gasteiger partial charge in [0.25, 0.3) is 0 Å². The van der Waals surface area contributed by atoms with Gasteiger partial charge in [-0.25, -0.2) is 0 Å². The van der Waals surface area contributed by atoms with Crippen LogP contribution in [-0.4, -0.2) is 12.1 Å². The summed E-state index contributed by atoms with van der Waals surface area (Å²) in [7, 11) is 1.63. The molecule has 3 nitrogen and oxygen atoms in total. The van der Waals surface area contributed by atoms with E-state index in [0.29, 0.717) is 6.54 Å². The number of hydrogen-bond acceptors (Lipinski definition) is 3. The minimum atomic E-state index is 0. The van der Waals surface area contributed by atoms with Crippen molar-refractivity contribution in [3.05, 3.63) is 23.5 Å². The van der Waals surface area contributed by atoms with E-state index >= 15 is 0 Å². The van der Waals surface area contributed by atoms with Gasteiger partial charge < -0.3 is 10.5 Å². The van der Waals surface area contributed by atoms with Gasteiger partial charge in [0.05, 0.1) is 12.8 Å². The van der Waals surface area contributed by atoms with Gasteiger partial charge in [0.15, 0.2) is 0 Å². The van der Waals surface area contributed by atoms with E-state index in [4.69, 9.17) is 10.5 Å². The minimum absolute atomic E-state index is 0. The lowest BCUT2D eigenvalue weighted by Gasteiger charge is -2.07. The molecule has 0 fully saturated rings. The van der Waals surface area contributed by atoms with Crippen LogP contribution in [0.4, 0.5) is 0 Å². The van der Waals surface area contributed by atoms with Gasteiger partial charge in [0, 0.05) is 12.7 Å². The molecule has 0 aliphatic heterocycles. The Morgan fingerprint density at radius 2 is 2.08 bits per heavy atom. The molecule has 0 saturated heterocycles. The Hall–Kier alpha value is -0.510. The Balaban J connectivity index is 0. The second-order valence-electron chi connectivity index (χ2n) is 2.31. The molecule has 1 rings (SSSR count). The molecule has 5 heteroatoms. The summed E-state index contributed by atoms with van der Waals surface area (Å²) in [6, 6.07) is 1.90. The number of pyridine rings is 1. The Bertz CT molecular complexity index is 256. The fraction of sp³-hybridized carbons (Fsp3) is 0.375. The number of hydrogen-bond donors (Lipinski definition) is 1. The van der Waals surface area contributed by atoms with Crippen LogP contribution in [-0.2, 0) is 6.54 Å². The molecule has 13 heavy (non-hydrogen) atoms. The SMILES string of the molecule is COc1c(C)ccnc1CN.Cl.Cl. The predicted octanol–water partition coefficient (Wildman–Crippen LogP) is 1.70. The Labute approximate surface area is 90.5 Å². The molecule has 0 spiro atoms. The number of methoxy groups -OCH3 is 1. The van der Waals surface area contributed by atoms with E-state index < -0.39 is 0 Å². The third-order valence-electron chi connectivity index (χ3n) is 1.57. The van der Waals surface area contributed by atoms with Crippen molar-refractivity contribution in [1.82, 2.24) is 4.98 Å². The average molecular weight is 225 g/mol. The maximum atomic E-state index is 5.45. The molecular formula is C8H14Cl2N2O. The summed E-state index contributed by atoms with van der Waals surface area (Å²) in [5.74, 6) is 0.801. The van der Waals surface area contributed by atoms with Gasteiger partial charge in [-0.15, -0.1) is 24.8 Å². The van der Waals surface area contributed by atoms with E-state index in [1.165, 1.54) is 0 Å². The van der Waals surface area contributed by atoms with Crippen LogP contribution in [0.2, 0.25) is 0 Å². The molecule has 0 radical (unpaired) electrons. The van der Waals surface area contributed by atoms with Crippen molar-refractivity contribution < 1.29 is 4.74 Å². The Kier molecular flexibility index (Phi) is 8.01. The molecule has 0 aliphatic carbocycles. The molecule has 0 bridgehead atoms. The van der Waals surface area contributed by atoms with Crippen molar-refractivity contribution in [1.29, 1.82) is 0 Å². The Morgan fingerprint density at radius 1 is 1.46 bits per heavy atom. The Morgan fingerprint density at radius 3 is 2.46 bits per heavy atom. The van der Waals surface area contributed by atoms with Crippen LogP contribution in [0.15, 0.2) is 12.3 Å². The summed E-state index contributed by atoms with van der Waals surface area (Å²) in [6.07, 6.45) is 1.74. The van der Waals surface area contributed by atoms with Gasteiger partial charge >= 0.3 is 0 Å². The van der Waals surface area contributed by atoms with Gasteiger partial charge in [0.2, 0.25) is 0 Å². The molecule has 0 aromatic carbocycles. The summed E-state index contributed by atoms with van der Waals surface area (Å²) >= 11 is 0. The van der Waals surface area contributed by atoms with Crippen molar-refractivity contribution in [2.24, 2.45) is 5.73 Å². The molecule has 0 saturated carbocycles. The lowest BCUT2D eigenvalue weighted by atomic mass is 10.2. The van der Waals surface area contributed by atoms with Crippen molar-refractivity contribution in [2.45, 2.75) is 13.5 Å². The number of ether oxygens (including phenoxy) is 1. The molecule has 1 aromatic heterocycles. The highest BCUT2D eigenvalue weighted by Gasteiger charge is 2.03. The largest absolute Gasteiger partial charge is 0.495 e.